The van der Waals surface area contributed by atoms with Crippen LogP contribution in [0.2, 0.25) is 0 Å². The molecule has 0 saturated carbocycles. The molecule has 1 aromatic carbocycles. The average molecular weight is 326 g/mol. The summed E-state index contributed by atoms with van der Waals surface area (Å²) in [6.45, 7) is 2.55. The summed E-state index contributed by atoms with van der Waals surface area (Å²) in [7, 11) is 0. The zero-order valence-electron chi connectivity index (χ0n) is 12.6. The van der Waals surface area contributed by atoms with Gasteiger partial charge in [0.05, 0.1) is 17.4 Å². The van der Waals surface area contributed by atoms with Crippen LogP contribution in [-0.4, -0.2) is 27.4 Å². The first kappa shape index (κ1) is 17.0. The van der Waals surface area contributed by atoms with E-state index in [0.29, 0.717) is 6.54 Å². The fraction of sp³-hybridized carbons (Fsp3) is 0.400. The van der Waals surface area contributed by atoms with Crippen LogP contribution in [0.25, 0.3) is 5.69 Å². The Bertz CT molecular complexity index is 667. The Morgan fingerprint density at radius 1 is 1.26 bits per heavy atom. The molecule has 0 spiro atoms. The van der Waals surface area contributed by atoms with Gasteiger partial charge >= 0.3 is 6.18 Å². The van der Waals surface area contributed by atoms with Crippen molar-refractivity contribution in [1.29, 1.82) is 0 Å². The first-order valence-electron chi connectivity index (χ1n) is 7.30. The second-order valence-electron chi connectivity index (χ2n) is 5.03. The third-order valence-electron chi connectivity index (χ3n) is 3.25. The van der Waals surface area contributed by atoms with Crippen molar-refractivity contribution < 1.29 is 18.0 Å². The van der Waals surface area contributed by atoms with Gasteiger partial charge in [-0.25, -0.2) is 4.68 Å². The number of carbonyl (C=O) groups is 1. The molecule has 0 bridgehead atoms. The molecule has 0 aliphatic rings. The lowest BCUT2D eigenvalue weighted by Gasteiger charge is -2.11. The number of benzene rings is 1. The van der Waals surface area contributed by atoms with Gasteiger partial charge in [0, 0.05) is 6.54 Å². The van der Waals surface area contributed by atoms with Gasteiger partial charge in [-0.15, -0.1) is 5.10 Å². The number of rotatable bonds is 6. The van der Waals surface area contributed by atoms with E-state index in [1.807, 2.05) is 6.92 Å². The van der Waals surface area contributed by atoms with Crippen LogP contribution in [0.1, 0.15) is 42.2 Å². The first-order valence-corrected chi connectivity index (χ1v) is 7.30. The molecule has 23 heavy (non-hydrogen) atoms. The number of aromatic nitrogens is 3. The number of hydrogen-bond donors (Lipinski definition) is 1. The molecule has 1 aromatic heterocycles. The summed E-state index contributed by atoms with van der Waals surface area (Å²) in [6.07, 6.45) is -0.454. The number of amides is 1. The van der Waals surface area contributed by atoms with Gasteiger partial charge in [0.1, 0.15) is 0 Å². The fourth-order valence-electron chi connectivity index (χ4n) is 2.07. The van der Waals surface area contributed by atoms with Crippen LogP contribution in [0.15, 0.2) is 30.5 Å². The van der Waals surface area contributed by atoms with Crippen LogP contribution in [0.5, 0.6) is 0 Å². The van der Waals surface area contributed by atoms with Gasteiger partial charge in [0.2, 0.25) is 0 Å². The molecule has 1 amide bonds. The Labute approximate surface area is 131 Å². The van der Waals surface area contributed by atoms with Gasteiger partial charge in [-0.3, -0.25) is 4.79 Å². The third-order valence-corrected chi connectivity index (χ3v) is 3.25. The molecule has 0 aliphatic heterocycles. The summed E-state index contributed by atoms with van der Waals surface area (Å²) in [5, 5.41) is 9.95. The van der Waals surface area contributed by atoms with Crippen LogP contribution < -0.4 is 5.32 Å². The Balaban J connectivity index is 2.15. The van der Waals surface area contributed by atoms with Crippen LogP contribution in [0.3, 0.4) is 0 Å². The van der Waals surface area contributed by atoms with Crippen molar-refractivity contribution in [3.63, 3.8) is 0 Å². The Kier molecular flexibility index (Phi) is 5.36. The number of nitrogens with one attached hydrogen (secondary N) is 1. The van der Waals surface area contributed by atoms with E-state index in [4.69, 9.17) is 0 Å². The lowest BCUT2D eigenvalue weighted by molar-refractivity contribution is -0.137. The molecular formula is C15H17F3N4O. The number of carbonyl (C=O) groups excluding carboxylic acids is 1. The molecule has 1 heterocycles. The molecule has 124 valence electrons. The van der Waals surface area contributed by atoms with E-state index in [1.165, 1.54) is 24.4 Å². The summed E-state index contributed by atoms with van der Waals surface area (Å²) < 4.78 is 40.0. The van der Waals surface area contributed by atoms with Crippen molar-refractivity contribution in [2.75, 3.05) is 6.54 Å². The number of hydrogen-bond acceptors (Lipinski definition) is 3. The van der Waals surface area contributed by atoms with Crippen LogP contribution >= 0.6 is 0 Å². The molecular weight excluding hydrogens is 309 g/mol. The molecule has 0 aliphatic carbocycles. The lowest BCUT2D eigenvalue weighted by atomic mass is 10.1. The Hall–Kier alpha value is -2.38. The van der Waals surface area contributed by atoms with Crippen LogP contribution in [0, 0.1) is 0 Å². The molecule has 0 fully saturated rings. The summed E-state index contributed by atoms with van der Waals surface area (Å²) in [6, 6.07) is 5.00. The smallest absolute Gasteiger partial charge is 0.351 e. The highest BCUT2D eigenvalue weighted by molar-refractivity contribution is 5.91. The summed E-state index contributed by atoms with van der Waals surface area (Å²) in [4.78, 5) is 11.9. The van der Waals surface area contributed by atoms with Crippen molar-refractivity contribution in [2.45, 2.75) is 32.4 Å². The maximum atomic E-state index is 13.0. The van der Waals surface area contributed by atoms with Gasteiger partial charge in [-0.1, -0.05) is 37.1 Å². The summed E-state index contributed by atoms with van der Waals surface area (Å²) in [5.74, 6) is -0.447. The average Bonchev–Trinajstić information content (AvgIpc) is 3.00. The standard InChI is InChI=1S/C15H17F3N4O/c1-2-3-6-9-19-14(23)12-10-22(21-20-12)13-8-5-4-7-11(13)15(16,17)18/h4-5,7-8,10H,2-3,6,9H2,1H3,(H,19,23). The third kappa shape index (κ3) is 4.30. The maximum Gasteiger partial charge on any atom is 0.418 e. The van der Waals surface area contributed by atoms with Gasteiger partial charge < -0.3 is 5.32 Å². The monoisotopic (exact) mass is 326 g/mol. The minimum absolute atomic E-state index is 0.0153. The molecule has 2 aromatic rings. The van der Waals surface area contributed by atoms with Crippen molar-refractivity contribution in [3.8, 4) is 5.69 Å². The molecule has 5 nitrogen and oxygen atoms in total. The van der Waals surface area contributed by atoms with E-state index >= 15 is 0 Å². The van der Waals surface area contributed by atoms with E-state index in [2.05, 4.69) is 15.6 Å². The minimum Gasteiger partial charge on any atom is -0.351 e. The predicted molar refractivity (Wildman–Crippen MR) is 78.2 cm³/mol. The number of para-hydroxylation sites is 1. The van der Waals surface area contributed by atoms with Crippen LogP contribution in [-0.2, 0) is 6.18 Å². The maximum absolute atomic E-state index is 13.0. The summed E-state index contributed by atoms with van der Waals surface area (Å²) >= 11 is 0. The van der Waals surface area contributed by atoms with E-state index in [-0.39, 0.29) is 11.4 Å². The van der Waals surface area contributed by atoms with E-state index in [0.717, 1.165) is 30.0 Å². The molecule has 0 atom stereocenters. The van der Waals surface area contributed by atoms with Gasteiger partial charge in [-0.05, 0) is 18.6 Å². The molecule has 1 N–H and O–H groups in total. The number of alkyl halides is 3. The highest BCUT2D eigenvalue weighted by Gasteiger charge is 2.34. The zero-order chi connectivity index (χ0) is 16.9. The number of unbranched alkanes of at least 4 members (excludes halogenated alkanes) is 2. The molecule has 0 radical (unpaired) electrons. The van der Waals surface area contributed by atoms with Crippen molar-refractivity contribution in [3.05, 3.63) is 41.7 Å². The second-order valence-corrected chi connectivity index (χ2v) is 5.03. The number of nitrogens with zero attached hydrogens (tertiary/aromatic N) is 3. The number of halogens is 3. The van der Waals surface area contributed by atoms with Crippen molar-refractivity contribution >= 4 is 5.91 Å². The molecule has 8 heteroatoms. The SMILES string of the molecule is CCCCCNC(=O)c1cn(-c2ccccc2C(F)(F)F)nn1. The highest BCUT2D eigenvalue weighted by atomic mass is 19.4. The zero-order valence-corrected chi connectivity index (χ0v) is 12.6. The highest BCUT2D eigenvalue weighted by Crippen LogP contribution is 2.33. The Morgan fingerprint density at radius 2 is 2.00 bits per heavy atom. The van der Waals surface area contributed by atoms with E-state index < -0.39 is 17.6 Å². The fourth-order valence-corrected chi connectivity index (χ4v) is 2.07. The minimum atomic E-state index is -4.51. The lowest BCUT2D eigenvalue weighted by Crippen LogP contribution is -2.24. The largest absolute Gasteiger partial charge is 0.418 e. The molecule has 0 unspecified atom stereocenters. The van der Waals surface area contributed by atoms with Crippen molar-refractivity contribution in [2.24, 2.45) is 0 Å². The quantitative estimate of drug-likeness (QED) is 0.829. The molecule has 0 saturated heterocycles. The van der Waals surface area contributed by atoms with Gasteiger partial charge in [-0.2, -0.15) is 13.2 Å². The topological polar surface area (TPSA) is 59.8 Å². The first-order chi connectivity index (χ1) is 10.9. The second kappa shape index (κ2) is 7.26. The van der Waals surface area contributed by atoms with Gasteiger partial charge in [0.25, 0.3) is 5.91 Å². The Morgan fingerprint density at radius 3 is 2.70 bits per heavy atom. The normalized spacial score (nSPS) is 11.5. The predicted octanol–water partition coefficient (Wildman–Crippen LogP) is 3.21. The van der Waals surface area contributed by atoms with Crippen LogP contribution in [0.4, 0.5) is 13.2 Å². The van der Waals surface area contributed by atoms with Gasteiger partial charge in [0.15, 0.2) is 5.69 Å². The molecule has 2 rings (SSSR count). The van der Waals surface area contributed by atoms with E-state index in [9.17, 15) is 18.0 Å². The van der Waals surface area contributed by atoms with E-state index in [1.54, 1.807) is 0 Å². The summed E-state index contributed by atoms with van der Waals surface area (Å²) in [5.41, 5.74) is -1.02. The van der Waals surface area contributed by atoms with Crippen molar-refractivity contribution in [1.82, 2.24) is 20.3 Å².